The van der Waals surface area contributed by atoms with Crippen LogP contribution in [0.4, 0.5) is 0 Å². The molecule has 0 radical (unpaired) electrons. The van der Waals surface area contributed by atoms with Crippen LogP contribution in [0.3, 0.4) is 0 Å². The Morgan fingerprint density at radius 1 is 1.35 bits per heavy atom. The number of amides is 2. The lowest BCUT2D eigenvalue weighted by Gasteiger charge is -2.38. The molecule has 23 heavy (non-hydrogen) atoms. The molecule has 2 N–H and O–H groups in total. The highest BCUT2D eigenvalue weighted by Gasteiger charge is 2.36. The molecule has 1 aromatic heterocycles. The first-order chi connectivity index (χ1) is 10.8. The molecule has 1 saturated heterocycles. The van der Waals surface area contributed by atoms with E-state index in [9.17, 15) is 19.5 Å². The Morgan fingerprint density at radius 3 is 2.65 bits per heavy atom. The number of hydrogen-bond acceptors (Lipinski definition) is 4. The van der Waals surface area contributed by atoms with Crippen LogP contribution in [0, 0.1) is 5.92 Å². The number of nitrogens with one attached hydrogen (secondary N) is 1. The maximum atomic E-state index is 12.7. The molecule has 1 aliphatic heterocycles. The summed E-state index contributed by atoms with van der Waals surface area (Å²) in [5.41, 5.74) is 0.601. The number of aliphatic hydroxyl groups is 1. The van der Waals surface area contributed by atoms with E-state index < -0.39 is 18.6 Å². The summed E-state index contributed by atoms with van der Waals surface area (Å²) in [6.07, 6.45) is 0.654. The zero-order valence-electron chi connectivity index (χ0n) is 13.7. The summed E-state index contributed by atoms with van der Waals surface area (Å²) >= 11 is 0. The van der Waals surface area contributed by atoms with Crippen LogP contribution in [0.5, 0.6) is 0 Å². The summed E-state index contributed by atoms with van der Waals surface area (Å²) in [5, 5.41) is 9.46. The second kappa shape index (κ2) is 6.95. The topological polar surface area (TPSA) is 93.7 Å². The Labute approximate surface area is 134 Å². The van der Waals surface area contributed by atoms with Crippen LogP contribution in [0.2, 0.25) is 0 Å². The molecule has 0 bridgehead atoms. The fourth-order valence-corrected chi connectivity index (χ4v) is 2.77. The lowest BCUT2D eigenvalue weighted by Crippen LogP contribution is -2.59. The van der Waals surface area contributed by atoms with Crippen molar-refractivity contribution in [1.82, 2.24) is 14.8 Å². The Morgan fingerprint density at radius 2 is 2.04 bits per heavy atom. The van der Waals surface area contributed by atoms with Gasteiger partial charge in [0.25, 0.3) is 5.91 Å². The van der Waals surface area contributed by atoms with Gasteiger partial charge in [-0.3, -0.25) is 14.4 Å². The number of pyridine rings is 1. The highest BCUT2D eigenvalue weighted by Crippen LogP contribution is 2.15. The van der Waals surface area contributed by atoms with Gasteiger partial charge < -0.3 is 19.9 Å². The number of rotatable bonds is 4. The smallest absolute Gasteiger partial charge is 0.254 e. The van der Waals surface area contributed by atoms with Gasteiger partial charge in [0.15, 0.2) is 0 Å². The molecule has 0 saturated carbocycles. The van der Waals surface area contributed by atoms with Gasteiger partial charge >= 0.3 is 0 Å². The molecule has 126 valence electrons. The molecule has 2 amide bonds. The number of likely N-dealkylation sites (N-methyl/N-ethyl adjacent to an activating group) is 1. The number of aromatic amines is 1. The third kappa shape index (κ3) is 3.79. The van der Waals surface area contributed by atoms with Crippen molar-refractivity contribution in [2.45, 2.75) is 26.3 Å². The average molecular weight is 321 g/mol. The molecule has 0 aromatic carbocycles. The van der Waals surface area contributed by atoms with E-state index in [-0.39, 0.29) is 17.0 Å². The molecule has 1 fully saturated rings. The molecule has 2 heterocycles. The van der Waals surface area contributed by atoms with Gasteiger partial charge in [0, 0.05) is 37.5 Å². The van der Waals surface area contributed by atoms with Crippen LogP contribution < -0.4 is 5.56 Å². The summed E-state index contributed by atoms with van der Waals surface area (Å²) in [4.78, 5) is 42.1. The molecule has 7 nitrogen and oxygen atoms in total. The number of aromatic nitrogens is 1. The van der Waals surface area contributed by atoms with Crippen LogP contribution >= 0.6 is 0 Å². The summed E-state index contributed by atoms with van der Waals surface area (Å²) in [5.74, 6) is -0.354. The van der Waals surface area contributed by atoms with E-state index in [4.69, 9.17) is 0 Å². The molecule has 1 aromatic rings. The number of H-pyrrole nitrogens is 1. The zero-order valence-corrected chi connectivity index (χ0v) is 13.7. The molecule has 0 aliphatic carbocycles. The first-order valence-corrected chi connectivity index (χ1v) is 7.73. The monoisotopic (exact) mass is 321 g/mol. The van der Waals surface area contributed by atoms with Crippen LogP contribution in [-0.2, 0) is 11.2 Å². The van der Waals surface area contributed by atoms with Gasteiger partial charge in [-0.25, -0.2) is 0 Å². The van der Waals surface area contributed by atoms with Gasteiger partial charge in [-0.1, -0.05) is 13.8 Å². The minimum Gasteiger partial charge on any atom is -0.394 e. The molecular formula is C16H23N3O4. The molecule has 2 rings (SSSR count). The van der Waals surface area contributed by atoms with Crippen LogP contribution in [0.25, 0.3) is 0 Å². The normalized spacial score (nSPS) is 18.7. The summed E-state index contributed by atoms with van der Waals surface area (Å²) in [6.45, 7) is 4.35. The third-order valence-electron chi connectivity index (χ3n) is 3.92. The second-order valence-corrected chi connectivity index (χ2v) is 6.31. The SMILES string of the molecule is CC(C)Cc1cc(C(=O)N2CCN(C)C(=O)C2CO)cc(=O)[nH]1. The number of piperazine rings is 1. The van der Waals surface area contributed by atoms with Gasteiger partial charge in [0.05, 0.1) is 6.61 Å². The maximum Gasteiger partial charge on any atom is 0.254 e. The standard InChI is InChI=1S/C16H23N3O4/c1-10(2)6-12-7-11(8-14(21)17-12)15(22)19-5-4-18(3)16(23)13(19)9-20/h7-8,10,13,20H,4-6,9H2,1-3H3,(H,17,21). The third-order valence-corrected chi connectivity index (χ3v) is 3.92. The fourth-order valence-electron chi connectivity index (χ4n) is 2.77. The highest BCUT2D eigenvalue weighted by atomic mass is 16.3. The number of aliphatic hydroxyl groups excluding tert-OH is 1. The van der Waals surface area contributed by atoms with Gasteiger partial charge in [-0.15, -0.1) is 0 Å². The summed E-state index contributed by atoms with van der Waals surface area (Å²) in [7, 11) is 1.64. The van der Waals surface area contributed by atoms with Crippen molar-refractivity contribution in [3.63, 3.8) is 0 Å². The maximum absolute atomic E-state index is 12.7. The lowest BCUT2D eigenvalue weighted by molar-refractivity contribution is -0.140. The Balaban J connectivity index is 2.30. The van der Waals surface area contributed by atoms with Crippen molar-refractivity contribution in [2.75, 3.05) is 26.7 Å². The largest absolute Gasteiger partial charge is 0.394 e. The van der Waals surface area contributed by atoms with E-state index >= 15 is 0 Å². The Kier molecular flexibility index (Phi) is 5.20. The van der Waals surface area contributed by atoms with E-state index in [1.807, 2.05) is 13.8 Å². The number of carbonyl (C=O) groups excluding carboxylic acids is 2. The van der Waals surface area contributed by atoms with Gasteiger partial charge in [-0.05, 0) is 18.4 Å². The highest BCUT2D eigenvalue weighted by molar-refractivity contribution is 5.98. The Hall–Kier alpha value is -2.15. The summed E-state index contributed by atoms with van der Waals surface area (Å²) < 4.78 is 0. The number of carbonyl (C=O) groups is 2. The van der Waals surface area contributed by atoms with Gasteiger partial charge in [-0.2, -0.15) is 0 Å². The van der Waals surface area contributed by atoms with Gasteiger partial charge in [0.1, 0.15) is 6.04 Å². The quantitative estimate of drug-likeness (QED) is 0.806. The predicted molar refractivity (Wildman–Crippen MR) is 85.2 cm³/mol. The van der Waals surface area contributed by atoms with Crippen molar-refractivity contribution in [2.24, 2.45) is 5.92 Å². The van der Waals surface area contributed by atoms with E-state index in [1.54, 1.807) is 13.1 Å². The first kappa shape index (κ1) is 17.2. The minimum absolute atomic E-state index is 0.250. The van der Waals surface area contributed by atoms with Crippen molar-refractivity contribution in [3.8, 4) is 0 Å². The number of nitrogens with zero attached hydrogens (tertiary/aromatic N) is 2. The number of hydrogen-bond donors (Lipinski definition) is 2. The first-order valence-electron chi connectivity index (χ1n) is 7.73. The average Bonchev–Trinajstić information content (AvgIpc) is 2.47. The van der Waals surface area contributed by atoms with E-state index in [0.717, 1.165) is 0 Å². The predicted octanol–water partition coefficient (Wildman–Crippen LogP) is -0.151. The molecule has 0 spiro atoms. The van der Waals surface area contributed by atoms with Crippen molar-refractivity contribution in [1.29, 1.82) is 0 Å². The zero-order chi connectivity index (χ0) is 17.1. The Bertz CT molecular complexity index is 653. The van der Waals surface area contributed by atoms with Crippen molar-refractivity contribution < 1.29 is 14.7 Å². The molecular weight excluding hydrogens is 298 g/mol. The van der Waals surface area contributed by atoms with E-state index in [2.05, 4.69) is 4.98 Å². The minimum atomic E-state index is -0.894. The fraction of sp³-hybridized carbons (Fsp3) is 0.562. The van der Waals surface area contributed by atoms with E-state index in [1.165, 1.54) is 15.9 Å². The van der Waals surface area contributed by atoms with E-state index in [0.29, 0.717) is 31.1 Å². The van der Waals surface area contributed by atoms with Crippen LogP contribution in [-0.4, -0.2) is 64.5 Å². The van der Waals surface area contributed by atoms with Gasteiger partial charge in [0.2, 0.25) is 11.5 Å². The van der Waals surface area contributed by atoms with Crippen molar-refractivity contribution in [3.05, 3.63) is 33.7 Å². The molecule has 1 unspecified atom stereocenters. The molecule has 7 heteroatoms. The van der Waals surface area contributed by atoms with Crippen LogP contribution in [0.15, 0.2) is 16.9 Å². The van der Waals surface area contributed by atoms with Crippen molar-refractivity contribution >= 4 is 11.8 Å². The summed E-state index contributed by atoms with van der Waals surface area (Å²) in [6, 6.07) is 2.00. The lowest BCUT2D eigenvalue weighted by atomic mass is 10.0. The van der Waals surface area contributed by atoms with Crippen LogP contribution in [0.1, 0.15) is 29.9 Å². The molecule has 1 aliphatic rings. The second-order valence-electron chi connectivity index (χ2n) is 6.31. The molecule has 1 atom stereocenters.